The minimum absolute atomic E-state index is 0. The van der Waals surface area contributed by atoms with Gasteiger partial charge in [0.05, 0.1) is 22.1 Å². The van der Waals surface area contributed by atoms with Gasteiger partial charge in [-0.2, -0.15) is 6.07 Å². The van der Waals surface area contributed by atoms with Crippen molar-refractivity contribution >= 4 is 71.1 Å². The summed E-state index contributed by atoms with van der Waals surface area (Å²) < 4.78 is 18.0. The van der Waals surface area contributed by atoms with Gasteiger partial charge < -0.3 is 13.7 Å². The molecule has 0 aliphatic carbocycles. The van der Waals surface area contributed by atoms with Gasteiger partial charge in [-0.15, -0.1) is 17.5 Å². The second-order valence-electron chi connectivity index (χ2n) is 14.4. The Morgan fingerprint density at radius 3 is 2.25 bits per heavy atom. The quantitative estimate of drug-likeness (QED) is 0.165. The summed E-state index contributed by atoms with van der Waals surface area (Å²) in [6.07, 6.45) is 3.66. The van der Waals surface area contributed by atoms with Gasteiger partial charge in [0, 0.05) is 72.3 Å². The van der Waals surface area contributed by atoms with E-state index < -0.39 is 0 Å². The molecule has 53 heavy (non-hydrogen) atoms. The summed E-state index contributed by atoms with van der Waals surface area (Å²) in [4.78, 5) is 14.7. The second kappa shape index (κ2) is 11.5. The number of para-hydroxylation sites is 3. The summed E-state index contributed by atoms with van der Waals surface area (Å²) in [5.41, 5.74) is 8.05. The van der Waals surface area contributed by atoms with Crippen LogP contribution in [0.5, 0.6) is 11.6 Å². The number of aromatic nitrogens is 5. The largest absolute Gasteiger partial charge is 0.466 e. The Labute approximate surface area is 318 Å². The molecule has 8 heteroatoms. The fraction of sp³-hybridized carbons (Fsp3) is 0.0889. The van der Waals surface area contributed by atoms with Gasteiger partial charge in [0.25, 0.3) is 0 Å². The first-order valence-corrected chi connectivity index (χ1v) is 17.4. The van der Waals surface area contributed by atoms with E-state index in [-0.39, 0.29) is 26.5 Å². The van der Waals surface area contributed by atoms with Crippen LogP contribution in [0.25, 0.3) is 88.3 Å². The van der Waals surface area contributed by atoms with Gasteiger partial charge in [-0.25, -0.2) is 9.97 Å². The van der Waals surface area contributed by atoms with Crippen LogP contribution in [0.4, 0.5) is 0 Å². The Kier molecular flexibility index (Phi) is 6.86. The monoisotopic (exact) mass is 867 g/mol. The van der Waals surface area contributed by atoms with Crippen LogP contribution in [0.1, 0.15) is 26.3 Å². The summed E-state index contributed by atoms with van der Waals surface area (Å²) in [6.45, 7) is 6.60. The van der Waals surface area contributed by atoms with Gasteiger partial charge in [-0.05, 0) is 52.8 Å². The first-order chi connectivity index (χ1) is 25.4. The molecule has 0 spiro atoms. The Hall–Kier alpha value is -6.04. The van der Waals surface area contributed by atoms with Crippen molar-refractivity contribution in [3.63, 3.8) is 0 Å². The molecule has 0 atom stereocenters. The fourth-order valence-corrected chi connectivity index (χ4v) is 7.93. The molecule has 0 radical (unpaired) electrons. The van der Waals surface area contributed by atoms with Crippen molar-refractivity contribution in [1.82, 2.24) is 23.9 Å². The van der Waals surface area contributed by atoms with Gasteiger partial charge in [0.2, 0.25) is 11.6 Å². The molecule has 0 saturated carbocycles. The number of benzene rings is 4. The zero-order valence-corrected chi connectivity index (χ0v) is 31.3. The topological polar surface area (TPSA) is 70.4 Å². The molecule has 7 aromatic heterocycles. The van der Waals surface area contributed by atoms with Crippen LogP contribution in [0.2, 0.25) is 0 Å². The van der Waals surface area contributed by atoms with Crippen molar-refractivity contribution < 1.29 is 30.2 Å². The van der Waals surface area contributed by atoms with Crippen LogP contribution in [-0.4, -0.2) is 23.9 Å². The number of rotatable bonds is 4. The van der Waals surface area contributed by atoms with E-state index >= 15 is 0 Å². The molecule has 0 saturated heterocycles. The van der Waals surface area contributed by atoms with Crippen LogP contribution in [0, 0.1) is 6.07 Å². The zero-order chi connectivity index (χ0) is 34.7. The van der Waals surface area contributed by atoms with E-state index in [0.717, 1.165) is 71.8 Å². The summed E-state index contributed by atoms with van der Waals surface area (Å²) in [5, 5.41) is 7.65. The number of fused-ring (bicyclic) bond motifs is 11. The third-order valence-electron chi connectivity index (χ3n) is 10.3. The Morgan fingerprint density at radius 2 is 1.43 bits per heavy atom. The standard InChI is InChI=1S/C45H30N5O2.Pt/c1-45(2,3)26-20-22-46-34(23-26)41-43-33(40-32-14-10-13-31-29-12-5-7-16-36(29)50(42(31)32)44(40)52-43)25-39(48-41)51-27-18-19-30-28-11-4-6-15-35(28)49(37(30)24-27)38-17-8-9-21-47-38;/h4-23,25H,1-3H3;/q-1;. The molecule has 0 N–H and O–H groups in total. The summed E-state index contributed by atoms with van der Waals surface area (Å²) in [6, 6.07) is 43.0. The molecule has 0 aliphatic rings. The van der Waals surface area contributed by atoms with E-state index in [0.29, 0.717) is 22.9 Å². The number of hydrogen-bond donors (Lipinski definition) is 0. The van der Waals surface area contributed by atoms with Crippen LogP contribution in [-0.2, 0) is 26.5 Å². The molecule has 0 fully saturated rings. The van der Waals surface area contributed by atoms with Crippen molar-refractivity contribution in [2.75, 3.05) is 0 Å². The van der Waals surface area contributed by atoms with E-state index in [1.54, 1.807) is 0 Å². The maximum absolute atomic E-state index is 6.91. The third-order valence-corrected chi connectivity index (χ3v) is 10.3. The Bertz CT molecular complexity index is 3210. The van der Waals surface area contributed by atoms with E-state index in [4.69, 9.17) is 19.1 Å². The normalized spacial score (nSPS) is 12.3. The van der Waals surface area contributed by atoms with Gasteiger partial charge in [0.15, 0.2) is 5.58 Å². The number of furan rings is 1. The van der Waals surface area contributed by atoms with E-state index in [1.165, 1.54) is 10.8 Å². The van der Waals surface area contributed by atoms with Crippen LogP contribution in [0.15, 0.2) is 132 Å². The minimum atomic E-state index is -0.0825. The SMILES string of the molecule is CC(C)(C)c1ccnc(-c2nc(Oc3[c-]c4c(cc3)c3ccccc3n4-c3ccccn3)cc3c2oc2c3c3cccc4c5ccccc5n2c43)c1.[Pt]. The Balaban J connectivity index is 0.00000349. The van der Waals surface area contributed by atoms with Crippen molar-refractivity contribution in [3.8, 4) is 28.8 Å². The zero-order valence-electron chi connectivity index (χ0n) is 29.0. The number of nitrogens with zero attached hydrogens (tertiary/aromatic N) is 5. The molecule has 7 heterocycles. The maximum Gasteiger partial charge on any atom is 0.218 e. The molecule has 11 aromatic rings. The smallest absolute Gasteiger partial charge is 0.218 e. The maximum atomic E-state index is 6.91. The molecular formula is C45H30N5O2Pt-. The first-order valence-electron chi connectivity index (χ1n) is 17.4. The summed E-state index contributed by atoms with van der Waals surface area (Å²) in [5.74, 6) is 1.79. The fourth-order valence-electron chi connectivity index (χ4n) is 7.93. The number of hydrogen-bond acceptors (Lipinski definition) is 5. The molecule has 11 rings (SSSR count). The molecule has 4 aromatic carbocycles. The van der Waals surface area contributed by atoms with Crippen molar-refractivity contribution in [2.24, 2.45) is 0 Å². The van der Waals surface area contributed by atoms with Crippen LogP contribution < -0.4 is 4.74 Å². The molecule has 0 amide bonds. The predicted octanol–water partition coefficient (Wildman–Crippen LogP) is 11.4. The van der Waals surface area contributed by atoms with Crippen molar-refractivity contribution in [1.29, 1.82) is 0 Å². The van der Waals surface area contributed by atoms with Crippen LogP contribution >= 0.6 is 0 Å². The summed E-state index contributed by atoms with van der Waals surface area (Å²) in [7, 11) is 0. The predicted molar refractivity (Wildman–Crippen MR) is 208 cm³/mol. The van der Waals surface area contributed by atoms with E-state index in [2.05, 4.69) is 120 Å². The van der Waals surface area contributed by atoms with Gasteiger partial charge >= 0.3 is 0 Å². The average Bonchev–Trinajstić information content (AvgIpc) is 3.90. The molecular weight excluding hydrogens is 838 g/mol. The van der Waals surface area contributed by atoms with Crippen LogP contribution in [0.3, 0.4) is 0 Å². The van der Waals surface area contributed by atoms with Crippen molar-refractivity contribution in [2.45, 2.75) is 26.2 Å². The molecule has 0 aliphatic heterocycles. The molecule has 0 unspecified atom stereocenters. The minimum Gasteiger partial charge on any atom is -0.466 e. The average molecular weight is 868 g/mol. The molecule has 0 bridgehead atoms. The number of pyridine rings is 3. The first kappa shape index (κ1) is 31.7. The van der Waals surface area contributed by atoms with Gasteiger partial charge in [-0.3, -0.25) is 9.38 Å². The number of ether oxygens (including phenoxy) is 1. The van der Waals surface area contributed by atoms with Crippen molar-refractivity contribution in [3.05, 3.63) is 139 Å². The third kappa shape index (κ3) is 4.60. The Morgan fingerprint density at radius 1 is 0.679 bits per heavy atom. The second-order valence-corrected chi connectivity index (χ2v) is 14.4. The van der Waals surface area contributed by atoms with E-state index in [1.807, 2.05) is 48.8 Å². The molecule has 7 nitrogen and oxygen atoms in total. The molecule has 258 valence electrons. The summed E-state index contributed by atoms with van der Waals surface area (Å²) >= 11 is 0. The van der Waals surface area contributed by atoms with Gasteiger partial charge in [0.1, 0.15) is 11.5 Å². The van der Waals surface area contributed by atoms with Gasteiger partial charge in [-0.1, -0.05) is 87.0 Å². The van der Waals surface area contributed by atoms with E-state index in [9.17, 15) is 0 Å².